The summed E-state index contributed by atoms with van der Waals surface area (Å²) in [7, 11) is 0. The van der Waals surface area contributed by atoms with E-state index in [4.69, 9.17) is 9.52 Å². The summed E-state index contributed by atoms with van der Waals surface area (Å²) in [5, 5.41) is 20.0. The first kappa shape index (κ1) is 11.0. The number of carboxylic acids is 1. The summed E-state index contributed by atoms with van der Waals surface area (Å²) in [6, 6.07) is -1.34. The number of aromatic nitrogens is 2. The smallest absolute Gasteiger partial charge is 0.322 e. The molecule has 1 aliphatic heterocycles. The highest BCUT2D eigenvalue weighted by Gasteiger charge is 2.31. The fourth-order valence-electron chi connectivity index (χ4n) is 1.35. The average Bonchev–Trinajstić information content (AvgIpc) is 2.74. The van der Waals surface area contributed by atoms with Gasteiger partial charge in [-0.25, -0.2) is 4.79 Å². The molecule has 2 heterocycles. The van der Waals surface area contributed by atoms with Gasteiger partial charge in [-0.3, -0.25) is 14.9 Å². The van der Waals surface area contributed by atoms with E-state index < -0.39 is 23.9 Å². The van der Waals surface area contributed by atoms with Gasteiger partial charge in [0.05, 0.1) is 6.42 Å². The Labute approximate surface area is 94.2 Å². The standard InChI is InChI=1S/C8H8N4O5/c13-6(14)2-5-12-11-4(17-5)1-3-7(15)10-8(16)9-3/h3H,1-2H2,(H,13,14)(H2,9,10,15,16)/t3-/m1/s1. The second-order valence-electron chi connectivity index (χ2n) is 3.38. The Hall–Kier alpha value is -2.45. The van der Waals surface area contributed by atoms with Crippen LogP contribution in [0.25, 0.3) is 0 Å². The van der Waals surface area contributed by atoms with Crippen molar-refractivity contribution in [3.63, 3.8) is 0 Å². The molecular weight excluding hydrogens is 232 g/mol. The van der Waals surface area contributed by atoms with E-state index in [2.05, 4.69) is 20.8 Å². The van der Waals surface area contributed by atoms with Gasteiger partial charge in [0.1, 0.15) is 12.5 Å². The monoisotopic (exact) mass is 240 g/mol. The molecule has 1 fully saturated rings. The van der Waals surface area contributed by atoms with Crippen LogP contribution < -0.4 is 10.6 Å². The third kappa shape index (κ3) is 2.56. The molecule has 90 valence electrons. The first-order valence-electron chi connectivity index (χ1n) is 4.69. The molecule has 1 aliphatic rings. The van der Waals surface area contributed by atoms with Crippen LogP contribution in [0.5, 0.6) is 0 Å². The lowest BCUT2D eigenvalue weighted by Crippen LogP contribution is -2.31. The van der Waals surface area contributed by atoms with Crippen LogP contribution in [0.2, 0.25) is 0 Å². The minimum absolute atomic E-state index is 0.0319. The highest BCUT2D eigenvalue weighted by Crippen LogP contribution is 2.06. The molecule has 1 aromatic rings. The van der Waals surface area contributed by atoms with Crippen LogP contribution in [-0.2, 0) is 22.4 Å². The lowest BCUT2D eigenvalue weighted by molar-refractivity contribution is -0.136. The molecule has 0 bridgehead atoms. The van der Waals surface area contributed by atoms with Gasteiger partial charge in [-0.05, 0) is 0 Å². The van der Waals surface area contributed by atoms with Crippen molar-refractivity contribution in [3.05, 3.63) is 11.8 Å². The van der Waals surface area contributed by atoms with E-state index in [-0.39, 0.29) is 24.6 Å². The molecule has 0 aliphatic carbocycles. The van der Waals surface area contributed by atoms with Crippen molar-refractivity contribution < 1.29 is 23.9 Å². The van der Waals surface area contributed by atoms with Crippen LogP contribution in [-0.4, -0.2) is 39.3 Å². The van der Waals surface area contributed by atoms with Crippen LogP contribution in [0, 0.1) is 0 Å². The molecule has 17 heavy (non-hydrogen) atoms. The van der Waals surface area contributed by atoms with Gasteiger partial charge in [0.15, 0.2) is 0 Å². The third-order valence-electron chi connectivity index (χ3n) is 2.05. The second kappa shape index (κ2) is 4.20. The Kier molecular flexibility index (Phi) is 2.73. The predicted octanol–water partition coefficient (Wildman–Crippen LogP) is -1.55. The summed E-state index contributed by atoms with van der Waals surface area (Å²) in [5.74, 6) is -1.51. The number of hydrogen-bond donors (Lipinski definition) is 3. The molecule has 0 saturated carbocycles. The summed E-state index contributed by atoms with van der Waals surface area (Å²) >= 11 is 0. The molecule has 1 saturated heterocycles. The molecule has 0 radical (unpaired) electrons. The lowest BCUT2D eigenvalue weighted by atomic mass is 10.2. The minimum atomic E-state index is -1.09. The molecule has 3 N–H and O–H groups in total. The van der Waals surface area contributed by atoms with E-state index in [1.807, 2.05) is 0 Å². The topological polar surface area (TPSA) is 134 Å². The normalized spacial score (nSPS) is 18.9. The Balaban J connectivity index is 1.99. The summed E-state index contributed by atoms with van der Waals surface area (Å²) in [4.78, 5) is 32.4. The van der Waals surface area contributed by atoms with Gasteiger partial charge in [0.25, 0.3) is 5.91 Å². The van der Waals surface area contributed by atoms with Crippen LogP contribution in [0.3, 0.4) is 0 Å². The first-order valence-corrected chi connectivity index (χ1v) is 4.69. The Morgan fingerprint density at radius 1 is 1.35 bits per heavy atom. The average molecular weight is 240 g/mol. The van der Waals surface area contributed by atoms with E-state index in [1.54, 1.807) is 0 Å². The summed E-state index contributed by atoms with van der Waals surface area (Å²) in [5.41, 5.74) is 0. The number of aliphatic carboxylic acids is 1. The molecule has 1 aromatic heterocycles. The SMILES string of the molecule is O=C(O)Cc1nnc(C[C@H]2NC(=O)NC2=O)o1. The Morgan fingerprint density at radius 2 is 2.06 bits per heavy atom. The van der Waals surface area contributed by atoms with Crippen molar-refractivity contribution in [2.75, 3.05) is 0 Å². The molecule has 2 rings (SSSR count). The van der Waals surface area contributed by atoms with Gasteiger partial charge in [-0.1, -0.05) is 0 Å². The second-order valence-corrected chi connectivity index (χ2v) is 3.38. The maximum Gasteiger partial charge on any atom is 0.322 e. The number of nitrogens with one attached hydrogen (secondary N) is 2. The molecule has 0 unspecified atom stereocenters. The zero-order valence-corrected chi connectivity index (χ0v) is 8.47. The van der Waals surface area contributed by atoms with Crippen LogP contribution in [0.15, 0.2) is 4.42 Å². The van der Waals surface area contributed by atoms with E-state index >= 15 is 0 Å². The van der Waals surface area contributed by atoms with Crippen molar-refractivity contribution in [3.8, 4) is 0 Å². The summed E-state index contributed by atoms with van der Waals surface area (Å²) in [6.45, 7) is 0. The zero-order valence-electron chi connectivity index (χ0n) is 8.47. The molecule has 0 spiro atoms. The van der Waals surface area contributed by atoms with Gasteiger partial charge < -0.3 is 14.8 Å². The van der Waals surface area contributed by atoms with E-state index in [0.717, 1.165) is 0 Å². The summed E-state index contributed by atoms with van der Waals surface area (Å²) in [6.07, 6.45) is -0.347. The van der Waals surface area contributed by atoms with E-state index in [9.17, 15) is 14.4 Å². The molecule has 1 atom stereocenters. The maximum absolute atomic E-state index is 11.2. The van der Waals surface area contributed by atoms with Crippen molar-refractivity contribution in [2.45, 2.75) is 18.9 Å². The van der Waals surface area contributed by atoms with Crippen molar-refractivity contribution >= 4 is 17.9 Å². The number of rotatable bonds is 4. The number of carbonyl (C=O) groups is 3. The fraction of sp³-hybridized carbons (Fsp3) is 0.375. The van der Waals surface area contributed by atoms with Gasteiger partial charge >= 0.3 is 12.0 Å². The van der Waals surface area contributed by atoms with Gasteiger partial charge in [-0.2, -0.15) is 0 Å². The largest absolute Gasteiger partial charge is 0.481 e. The third-order valence-corrected chi connectivity index (χ3v) is 2.05. The molecule has 9 nitrogen and oxygen atoms in total. The van der Waals surface area contributed by atoms with Crippen molar-refractivity contribution in [2.24, 2.45) is 0 Å². The Bertz CT molecular complexity index is 482. The number of amides is 3. The van der Waals surface area contributed by atoms with E-state index in [0.29, 0.717) is 0 Å². The molecular formula is C8H8N4O5. The zero-order chi connectivity index (χ0) is 12.4. The number of urea groups is 1. The fourth-order valence-corrected chi connectivity index (χ4v) is 1.35. The molecule has 0 aromatic carbocycles. The Morgan fingerprint density at radius 3 is 2.65 bits per heavy atom. The number of carboxylic acid groups (broad SMARTS) is 1. The van der Waals surface area contributed by atoms with Gasteiger partial charge in [0, 0.05) is 0 Å². The van der Waals surface area contributed by atoms with Gasteiger partial charge in [-0.15, -0.1) is 10.2 Å². The first-order chi connectivity index (χ1) is 8.04. The predicted molar refractivity (Wildman–Crippen MR) is 49.8 cm³/mol. The summed E-state index contributed by atoms with van der Waals surface area (Å²) < 4.78 is 5.01. The molecule has 9 heteroatoms. The van der Waals surface area contributed by atoms with Gasteiger partial charge in [0.2, 0.25) is 11.8 Å². The molecule has 3 amide bonds. The lowest BCUT2D eigenvalue weighted by Gasteiger charge is -2.01. The highest BCUT2D eigenvalue weighted by molar-refractivity contribution is 6.04. The van der Waals surface area contributed by atoms with Crippen LogP contribution in [0.1, 0.15) is 11.8 Å². The number of hydrogen-bond acceptors (Lipinski definition) is 6. The van der Waals surface area contributed by atoms with Crippen molar-refractivity contribution in [1.82, 2.24) is 20.8 Å². The number of imide groups is 1. The van der Waals surface area contributed by atoms with Crippen molar-refractivity contribution in [1.29, 1.82) is 0 Å². The highest BCUT2D eigenvalue weighted by atomic mass is 16.4. The van der Waals surface area contributed by atoms with Crippen LogP contribution in [0.4, 0.5) is 4.79 Å². The van der Waals surface area contributed by atoms with E-state index in [1.165, 1.54) is 0 Å². The quantitative estimate of drug-likeness (QED) is 0.542. The number of carbonyl (C=O) groups excluding carboxylic acids is 2. The number of nitrogens with zero attached hydrogens (tertiary/aromatic N) is 2. The van der Waals surface area contributed by atoms with Crippen LogP contribution >= 0.6 is 0 Å². The minimum Gasteiger partial charge on any atom is -0.481 e. The maximum atomic E-state index is 11.2.